The maximum absolute atomic E-state index is 12.8. The summed E-state index contributed by atoms with van der Waals surface area (Å²) in [7, 11) is 0. The molecule has 17 heavy (non-hydrogen) atoms. The molecule has 2 rings (SSSR count). The maximum atomic E-state index is 12.8. The molecule has 1 aromatic carbocycles. The predicted octanol–water partition coefficient (Wildman–Crippen LogP) is 2.01. The van der Waals surface area contributed by atoms with Gasteiger partial charge in [0.25, 0.3) is 0 Å². The molecule has 92 valence electrons. The first-order chi connectivity index (χ1) is 8.16. The van der Waals surface area contributed by atoms with Crippen molar-refractivity contribution in [2.45, 2.75) is 12.5 Å². The Bertz CT molecular complexity index is 416. The first-order valence-corrected chi connectivity index (χ1v) is 5.70. The van der Waals surface area contributed by atoms with Gasteiger partial charge in [0.2, 0.25) is 0 Å². The summed E-state index contributed by atoms with van der Waals surface area (Å²) in [5.74, 6) is -0.512. The van der Waals surface area contributed by atoms with E-state index < -0.39 is 11.9 Å². The van der Waals surface area contributed by atoms with Crippen molar-refractivity contribution in [1.82, 2.24) is 0 Å². The Kier molecular flexibility index (Phi) is 4.10. The van der Waals surface area contributed by atoms with E-state index in [0.29, 0.717) is 18.8 Å². The van der Waals surface area contributed by atoms with Gasteiger partial charge in [-0.05, 0) is 17.7 Å². The van der Waals surface area contributed by atoms with Crippen LogP contribution in [0.3, 0.4) is 0 Å². The van der Waals surface area contributed by atoms with Gasteiger partial charge in [-0.25, -0.2) is 4.39 Å². The highest BCUT2D eigenvalue weighted by molar-refractivity contribution is 6.31. The number of rotatable bonds is 3. The number of hydrogen-bond acceptors (Lipinski definition) is 3. The third-order valence-electron chi connectivity index (χ3n) is 2.55. The Morgan fingerprint density at radius 1 is 1.47 bits per heavy atom. The average Bonchev–Trinajstić information content (AvgIpc) is 2.34. The summed E-state index contributed by atoms with van der Waals surface area (Å²) in [5.41, 5.74) is 0.604. The summed E-state index contributed by atoms with van der Waals surface area (Å²) in [4.78, 5) is 11.8. The van der Waals surface area contributed by atoms with Crippen molar-refractivity contribution in [1.29, 1.82) is 0 Å². The smallest absolute Gasteiger partial charge is 0.168 e. The number of carbonyl (C=O) groups excluding carboxylic acids is 1. The summed E-state index contributed by atoms with van der Waals surface area (Å²) in [6.07, 6.45) is -0.405. The number of Topliss-reactive ketones (excluding diaryl/α,β-unsaturated/α-hetero) is 1. The Hall–Kier alpha value is -0.970. The van der Waals surface area contributed by atoms with E-state index in [2.05, 4.69) is 0 Å². The lowest BCUT2D eigenvalue weighted by Crippen LogP contribution is -2.36. The maximum Gasteiger partial charge on any atom is 0.168 e. The lowest BCUT2D eigenvalue weighted by atomic mass is 10.1. The van der Waals surface area contributed by atoms with Gasteiger partial charge >= 0.3 is 0 Å². The van der Waals surface area contributed by atoms with Gasteiger partial charge in [0, 0.05) is 11.4 Å². The highest BCUT2D eigenvalue weighted by Gasteiger charge is 2.23. The van der Waals surface area contributed by atoms with Crippen LogP contribution < -0.4 is 0 Å². The lowest BCUT2D eigenvalue weighted by molar-refractivity contribution is -0.144. The van der Waals surface area contributed by atoms with E-state index in [9.17, 15) is 9.18 Å². The lowest BCUT2D eigenvalue weighted by Gasteiger charge is -2.21. The topological polar surface area (TPSA) is 35.5 Å². The zero-order valence-corrected chi connectivity index (χ0v) is 9.87. The summed E-state index contributed by atoms with van der Waals surface area (Å²) in [5, 5.41) is 0.259. The molecule has 0 N–H and O–H groups in total. The van der Waals surface area contributed by atoms with Crippen LogP contribution in [0.2, 0.25) is 5.02 Å². The molecular formula is C12H12ClFO3. The van der Waals surface area contributed by atoms with E-state index in [4.69, 9.17) is 21.1 Å². The zero-order valence-electron chi connectivity index (χ0n) is 9.12. The highest BCUT2D eigenvalue weighted by Crippen LogP contribution is 2.19. The fourth-order valence-electron chi connectivity index (χ4n) is 1.64. The largest absolute Gasteiger partial charge is 0.376 e. The van der Waals surface area contributed by atoms with E-state index >= 15 is 0 Å². The third kappa shape index (κ3) is 3.25. The molecule has 1 aliphatic heterocycles. The van der Waals surface area contributed by atoms with Crippen LogP contribution >= 0.6 is 11.6 Å². The molecule has 0 bridgehead atoms. The molecule has 1 fully saturated rings. The van der Waals surface area contributed by atoms with Crippen molar-refractivity contribution in [2.75, 3.05) is 19.8 Å². The second kappa shape index (κ2) is 5.58. The van der Waals surface area contributed by atoms with Crippen LogP contribution in [0.1, 0.15) is 5.56 Å². The van der Waals surface area contributed by atoms with Crippen LogP contribution in [0.15, 0.2) is 18.2 Å². The molecule has 1 aliphatic rings. The molecule has 1 saturated heterocycles. The van der Waals surface area contributed by atoms with Crippen molar-refractivity contribution in [3.05, 3.63) is 34.6 Å². The number of halogens is 2. The van der Waals surface area contributed by atoms with Crippen LogP contribution in [-0.4, -0.2) is 31.7 Å². The van der Waals surface area contributed by atoms with Crippen molar-refractivity contribution < 1.29 is 18.7 Å². The van der Waals surface area contributed by atoms with E-state index in [1.807, 2.05) is 0 Å². The van der Waals surface area contributed by atoms with Crippen LogP contribution in [-0.2, 0) is 20.7 Å². The Balaban J connectivity index is 2.02. The number of ketones is 1. The van der Waals surface area contributed by atoms with Crippen LogP contribution in [0.25, 0.3) is 0 Å². The second-order valence-electron chi connectivity index (χ2n) is 3.81. The quantitative estimate of drug-likeness (QED) is 0.832. The van der Waals surface area contributed by atoms with E-state index in [1.165, 1.54) is 18.2 Å². The SMILES string of the molecule is O=C(Cc1ccc(F)cc1Cl)C1COCCO1. The van der Waals surface area contributed by atoms with Gasteiger partial charge in [0.15, 0.2) is 5.78 Å². The Morgan fingerprint density at radius 3 is 2.94 bits per heavy atom. The fourth-order valence-corrected chi connectivity index (χ4v) is 1.87. The van der Waals surface area contributed by atoms with Gasteiger partial charge in [-0.3, -0.25) is 4.79 Å². The second-order valence-corrected chi connectivity index (χ2v) is 4.22. The minimum Gasteiger partial charge on any atom is -0.376 e. The molecule has 0 spiro atoms. The molecule has 1 heterocycles. The van der Waals surface area contributed by atoms with Gasteiger partial charge in [-0.2, -0.15) is 0 Å². The first-order valence-electron chi connectivity index (χ1n) is 5.33. The fraction of sp³-hybridized carbons (Fsp3) is 0.417. The summed E-state index contributed by atoms with van der Waals surface area (Å²) in [6.45, 7) is 1.21. The van der Waals surface area contributed by atoms with Crippen LogP contribution in [0.5, 0.6) is 0 Å². The summed E-state index contributed by atoms with van der Waals surface area (Å²) in [6, 6.07) is 3.99. The minimum absolute atomic E-state index is 0.0989. The van der Waals surface area contributed by atoms with Crippen molar-refractivity contribution in [2.24, 2.45) is 0 Å². The average molecular weight is 259 g/mol. The Morgan fingerprint density at radius 2 is 2.29 bits per heavy atom. The molecule has 0 aliphatic carbocycles. The molecule has 0 amide bonds. The van der Waals surface area contributed by atoms with Gasteiger partial charge in [0.05, 0.1) is 19.8 Å². The van der Waals surface area contributed by atoms with Crippen molar-refractivity contribution >= 4 is 17.4 Å². The van der Waals surface area contributed by atoms with Gasteiger partial charge in [0.1, 0.15) is 11.9 Å². The van der Waals surface area contributed by atoms with Crippen molar-refractivity contribution in [3.63, 3.8) is 0 Å². The predicted molar refractivity (Wildman–Crippen MR) is 60.7 cm³/mol. The molecule has 0 radical (unpaired) electrons. The van der Waals surface area contributed by atoms with E-state index in [0.717, 1.165) is 0 Å². The zero-order chi connectivity index (χ0) is 12.3. The molecule has 1 unspecified atom stereocenters. The number of carbonyl (C=O) groups is 1. The molecule has 0 saturated carbocycles. The molecule has 1 aromatic rings. The van der Waals surface area contributed by atoms with Crippen LogP contribution in [0.4, 0.5) is 4.39 Å². The van der Waals surface area contributed by atoms with Gasteiger partial charge in [-0.1, -0.05) is 17.7 Å². The Labute approximate surface area is 103 Å². The summed E-state index contributed by atoms with van der Waals surface area (Å²) >= 11 is 5.85. The first kappa shape index (κ1) is 12.5. The normalized spacial score (nSPS) is 20.2. The van der Waals surface area contributed by atoms with Gasteiger partial charge in [-0.15, -0.1) is 0 Å². The molecule has 5 heteroatoms. The van der Waals surface area contributed by atoms with Gasteiger partial charge < -0.3 is 9.47 Å². The van der Waals surface area contributed by atoms with Crippen LogP contribution in [0, 0.1) is 5.82 Å². The number of hydrogen-bond donors (Lipinski definition) is 0. The van der Waals surface area contributed by atoms with E-state index in [1.54, 1.807) is 0 Å². The highest BCUT2D eigenvalue weighted by atomic mass is 35.5. The third-order valence-corrected chi connectivity index (χ3v) is 2.91. The molecular weight excluding hydrogens is 247 g/mol. The van der Waals surface area contributed by atoms with Crippen molar-refractivity contribution in [3.8, 4) is 0 Å². The summed E-state index contributed by atoms with van der Waals surface area (Å²) < 4.78 is 23.3. The number of benzene rings is 1. The molecule has 3 nitrogen and oxygen atoms in total. The number of ether oxygens (including phenoxy) is 2. The molecule has 1 atom stereocenters. The minimum atomic E-state index is -0.537. The molecule has 0 aromatic heterocycles. The standard InChI is InChI=1S/C12H12ClFO3/c13-10-6-9(14)2-1-8(10)5-11(15)12-7-16-3-4-17-12/h1-2,6,12H,3-5,7H2. The monoisotopic (exact) mass is 258 g/mol. The van der Waals surface area contributed by atoms with E-state index in [-0.39, 0.29) is 23.8 Å².